The molecule has 0 aliphatic rings. The number of carboxylic acids is 2. The molecule has 0 spiro atoms. The van der Waals surface area contributed by atoms with Gasteiger partial charge in [0.25, 0.3) is 0 Å². The standard InChI is InChI=1S/C16H28N2O7S2/c1-26-7-5-15(17,13(22)23)11(20)4-3-10(9-19)12(21)16(18,14(24)25)6-8-27-2/h10,19H,3-9,17-18H2,1-2H3,(H,22,23)(H,24,25). The minimum absolute atomic E-state index is 0.0796. The van der Waals surface area contributed by atoms with Crippen LogP contribution >= 0.6 is 23.5 Å². The number of hydrogen-bond acceptors (Lipinski definition) is 9. The molecular formula is C16H28N2O7S2. The molecule has 0 radical (unpaired) electrons. The van der Waals surface area contributed by atoms with Crippen molar-refractivity contribution in [1.82, 2.24) is 0 Å². The van der Waals surface area contributed by atoms with Gasteiger partial charge < -0.3 is 26.8 Å². The number of rotatable bonds is 15. The fourth-order valence-electron chi connectivity index (χ4n) is 2.43. The van der Waals surface area contributed by atoms with E-state index in [1.165, 1.54) is 23.5 Å². The first-order valence-electron chi connectivity index (χ1n) is 8.22. The zero-order valence-electron chi connectivity index (χ0n) is 15.5. The predicted octanol–water partition coefficient (Wildman–Crippen LogP) is -0.416. The first-order chi connectivity index (χ1) is 12.5. The zero-order valence-corrected chi connectivity index (χ0v) is 17.1. The van der Waals surface area contributed by atoms with Gasteiger partial charge in [-0.25, -0.2) is 9.59 Å². The van der Waals surface area contributed by atoms with Crippen molar-refractivity contribution in [3.05, 3.63) is 0 Å². The molecule has 7 N–H and O–H groups in total. The van der Waals surface area contributed by atoms with Crippen LogP contribution in [-0.4, -0.2) is 80.5 Å². The van der Waals surface area contributed by atoms with E-state index in [9.17, 15) is 34.5 Å². The Morgan fingerprint density at radius 1 is 0.926 bits per heavy atom. The Balaban J connectivity index is 5.25. The molecule has 0 aromatic heterocycles. The maximum absolute atomic E-state index is 12.6. The number of carbonyl (C=O) groups is 4. The monoisotopic (exact) mass is 424 g/mol. The second-order valence-corrected chi connectivity index (χ2v) is 8.22. The summed E-state index contributed by atoms with van der Waals surface area (Å²) in [6.07, 6.45) is 2.66. The molecule has 0 heterocycles. The molecule has 0 aliphatic heterocycles. The molecule has 0 fully saturated rings. The van der Waals surface area contributed by atoms with Gasteiger partial charge in [0.1, 0.15) is 0 Å². The molecule has 9 nitrogen and oxygen atoms in total. The van der Waals surface area contributed by atoms with Crippen molar-refractivity contribution in [3.8, 4) is 0 Å². The fourth-order valence-corrected chi connectivity index (χ4v) is 3.48. The van der Waals surface area contributed by atoms with Crippen LogP contribution in [-0.2, 0) is 19.2 Å². The lowest BCUT2D eigenvalue weighted by atomic mass is 9.80. The maximum Gasteiger partial charge on any atom is 0.331 e. The number of ketones is 2. The second kappa shape index (κ2) is 11.6. The smallest absolute Gasteiger partial charge is 0.331 e. The molecule has 0 aromatic rings. The number of Topliss-reactive ketones (excluding diaryl/α,β-unsaturated/α-hetero) is 2. The van der Waals surface area contributed by atoms with Crippen molar-refractivity contribution in [2.75, 3.05) is 30.6 Å². The van der Waals surface area contributed by atoms with Gasteiger partial charge in [-0.05, 0) is 43.3 Å². The van der Waals surface area contributed by atoms with Crippen molar-refractivity contribution in [3.63, 3.8) is 0 Å². The minimum Gasteiger partial charge on any atom is -0.480 e. The number of carboxylic acid groups (broad SMARTS) is 2. The molecule has 0 saturated heterocycles. The van der Waals surface area contributed by atoms with E-state index in [0.29, 0.717) is 11.5 Å². The van der Waals surface area contributed by atoms with Crippen molar-refractivity contribution in [2.24, 2.45) is 17.4 Å². The lowest BCUT2D eigenvalue weighted by Crippen LogP contribution is -2.58. The molecule has 0 saturated carbocycles. The first-order valence-corrected chi connectivity index (χ1v) is 11.0. The van der Waals surface area contributed by atoms with E-state index in [4.69, 9.17) is 11.5 Å². The number of aliphatic hydroxyl groups excluding tert-OH is 1. The summed E-state index contributed by atoms with van der Waals surface area (Å²) in [6, 6.07) is 0. The summed E-state index contributed by atoms with van der Waals surface area (Å²) in [5, 5.41) is 28.1. The molecular weight excluding hydrogens is 396 g/mol. The van der Waals surface area contributed by atoms with Gasteiger partial charge in [-0.15, -0.1) is 0 Å². The van der Waals surface area contributed by atoms with E-state index < -0.39 is 47.1 Å². The number of aliphatic hydroxyl groups is 1. The molecule has 0 amide bonds. The van der Waals surface area contributed by atoms with Crippen LogP contribution in [0.4, 0.5) is 0 Å². The Labute approximate surface area is 166 Å². The van der Waals surface area contributed by atoms with Crippen LogP contribution in [0.3, 0.4) is 0 Å². The summed E-state index contributed by atoms with van der Waals surface area (Å²) < 4.78 is 0. The van der Waals surface area contributed by atoms with E-state index in [2.05, 4.69) is 0 Å². The highest BCUT2D eigenvalue weighted by Gasteiger charge is 2.46. The number of hydrogen-bond donors (Lipinski definition) is 5. The lowest BCUT2D eigenvalue weighted by Gasteiger charge is -2.28. The summed E-state index contributed by atoms with van der Waals surface area (Å²) >= 11 is 2.66. The summed E-state index contributed by atoms with van der Waals surface area (Å²) in [6.45, 7) is -0.701. The van der Waals surface area contributed by atoms with Crippen LogP contribution in [0.1, 0.15) is 25.7 Å². The van der Waals surface area contributed by atoms with E-state index in [1.807, 2.05) is 0 Å². The molecule has 27 heavy (non-hydrogen) atoms. The van der Waals surface area contributed by atoms with E-state index in [-0.39, 0.29) is 25.7 Å². The molecule has 11 heteroatoms. The fraction of sp³-hybridized carbons (Fsp3) is 0.750. The van der Waals surface area contributed by atoms with Gasteiger partial charge in [-0.1, -0.05) is 0 Å². The number of nitrogens with two attached hydrogens (primary N) is 2. The normalized spacial score (nSPS) is 16.8. The van der Waals surface area contributed by atoms with Crippen LogP contribution in [0, 0.1) is 5.92 Å². The Morgan fingerprint density at radius 3 is 1.74 bits per heavy atom. The van der Waals surface area contributed by atoms with Crippen molar-refractivity contribution >= 4 is 47.0 Å². The lowest BCUT2D eigenvalue weighted by molar-refractivity contribution is -0.150. The number of carbonyl (C=O) groups excluding carboxylic acids is 2. The highest BCUT2D eigenvalue weighted by atomic mass is 32.2. The third-order valence-corrected chi connectivity index (χ3v) is 5.64. The third-order valence-electron chi connectivity index (χ3n) is 4.41. The summed E-state index contributed by atoms with van der Waals surface area (Å²) in [5.41, 5.74) is 7.25. The summed E-state index contributed by atoms with van der Waals surface area (Å²) in [5.74, 6) is -5.16. The Morgan fingerprint density at radius 2 is 1.37 bits per heavy atom. The van der Waals surface area contributed by atoms with Crippen molar-refractivity contribution < 1.29 is 34.5 Å². The van der Waals surface area contributed by atoms with Gasteiger partial charge in [0.2, 0.25) is 0 Å². The minimum atomic E-state index is -2.18. The first kappa shape index (κ1) is 25.9. The van der Waals surface area contributed by atoms with Crippen molar-refractivity contribution in [1.29, 1.82) is 0 Å². The van der Waals surface area contributed by atoms with Gasteiger partial charge in [0.15, 0.2) is 22.6 Å². The number of thioether (sulfide) groups is 2. The average molecular weight is 425 g/mol. The largest absolute Gasteiger partial charge is 0.480 e. The average Bonchev–Trinajstić information content (AvgIpc) is 2.63. The molecule has 0 aliphatic carbocycles. The molecule has 3 unspecified atom stereocenters. The zero-order chi connectivity index (χ0) is 21.3. The SMILES string of the molecule is CSCCC(N)(C(=O)O)C(=O)CCC(CO)C(=O)C(N)(CCSC)C(=O)O. The third kappa shape index (κ3) is 6.75. The highest BCUT2D eigenvalue weighted by molar-refractivity contribution is 7.98. The molecule has 156 valence electrons. The maximum atomic E-state index is 12.6. The predicted molar refractivity (Wildman–Crippen MR) is 105 cm³/mol. The van der Waals surface area contributed by atoms with Gasteiger partial charge in [-0.2, -0.15) is 23.5 Å². The van der Waals surface area contributed by atoms with E-state index in [0.717, 1.165) is 0 Å². The van der Waals surface area contributed by atoms with E-state index in [1.54, 1.807) is 12.5 Å². The van der Waals surface area contributed by atoms with Gasteiger partial charge in [0.05, 0.1) is 6.61 Å². The quantitative estimate of drug-likeness (QED) is 0.215. The number of aliphatic carboxylic acids is 2. The molecule has 0 aromatic carbocycles. The Kier molecular flexibility index (Phi) is 11.2. The molecule has 0 rings (SSSR count). The van der Waals surface area contributed by atoms with Crippen LogP contribution in [0.2, 0.25) is 0 Å². The van der Waals surface area contributed by atoms with E-state index >= 15 is 0 Å². The molecule has 3 atom stereocenters. The molecule has 0 bridgehead atoms. The van der Waals surface area contributed by atoms with Crippen LogP contribution < -0.4 is 11.5 Å². The van der Waals surface area contributed by atoms with Gasteiger partial charge in [-0.3, -0.25) is 9.59 Å². The van der Waals surface area contributed by atoms with Crippen molar-refractivity contribution in [2.45, 2.75) is 36.8 Å². The van der Waals surface area contributed by atoms with Crippen LogP contribution in [0.5, 0.6) is 0 Å². The summed E-state index contributed by atoms with van der Waals surface area (Å²) in [4.78, 5) is 47.8. The van der Waals surface area contributed by atoms with Gasteiger partial charge in [0, 0.05) is 12.3 Å². The summed E-state index contributed by atoms with van der Waals surface area (Å²) in [7, 11) is 0. The topological polar surface area (TPSA) is 181 Å². The second-order valence-electron chi connectivity index (χ2n) is 6.24. The van der Waals surface area contributed by atoms with Gasteiger partial charge >= 0.3 is 11.9 Å². The van der Waals surface area contributed by atoms with Crippen LogP contribution in [0.15, 0.2) is 0 Å². The highest BCUT2D eigenvalue weighted by Crippen LogP contribution is 2.23. The van der Waals surface area contributed by atoms with Crippen LogP contribution in [0.25, 0.3) is 0 Å². The Hall–Kier alpha value is -1.14. The Bertz CT molecular complexity index is 561.